The van der Waals surface area contributed by atoms with Gasteiger partial charge in [-0.1, -0.05) is 24.3 Å². The molecule has 0 aliphatic carbocycles. The first kappa shape index (κ1) is 31.5. The van der Waals surface area contributed by atoms with Crippen molar-refractivity contribution in [3.05, 3.63) is 81.0 Å². The molecule has 3 aromatic carbocycles. The lowest BCUT2D eigenvalue weighted by Gasteiger charge is -2.60. The Hall–Kier alpha value is -4.76. The van der Waals surface area contributed by atoms with E-state index in [0.717, 1.165) is 49.8 Å². The van der Waals surface area contributed by atoms with Gasteiger partial charge >= 0.3 is 0 Å². The summed E-state index contributed by atoms with van der Waals surface area (Å²) in [5.74, 6) is 1.31. The summed E-state index contributed by atoms with van der Waals surface area (Å²) in [4.78, 5) is 21.7. The van der Waals surface area contributed by atoms with E-state index in [1.54, 1.807) is 7.05 Å². The topological polar surface area (TPSA) is 146 Å². The lowest BCUT2D eigenvalue weighted by Crippen LogP contribution is -2.69. The van der Waals surface area contributed by atoms with E-state index < -0.39 is 18.1 Å². The molecule has 4 aliphatic heterocycles. The second-order valence-electron chi connectivity index (χ2n) is 14.0. The molecule has 4 aliphatic rings. The lowest BCUT2D eigenvalue weighted by molar-refractivity contribution is -0.124. The summed E-state index contributed by atoms with van der Waals surface area (Å²) in [5, 5.41) is 41.7. The molecule has 6 atom stereocenters. The number of hydrogen-bond acceptors (Lipinski definition) is 9. The molecule has 254 valence electrons. The number of rotatable bonds is 6. The number of aromatic nitrogens is 1. The third-order valence-corrected chi connectivity index (χ3v) is 11.7. The van der Waals surface area contributed by atoms with Crippen LogP contribution in [0.3, 0.4) is 0 Å². The monoisotopic (exact) mass is 662 g/mol. The van der Waals surface area contributed by atoms with Gasteiger partial charge in [-0.05, 0) is 82.4 Å². The van der Waals surface area contributed by atoms with Crippen LogP contribution >= 0.6 is 0 Å². The molecule has 1 unspecified atom stereocenters. The second-order valence-corrected chi connectivity index (χ2v) is 14.0. The van der Waals surface area contributed by atoms with Gasteiger partial charge in [-0.15, -0.1) is 0 Å². The molecule has 2 bridgehead atoms. The van der Waals surface area contributed by atoms with E-state index in [2.05, 4.69) is 37.6 Å². The molecule has 0 saturated carbocycles. The number of carbonyl (C=O) groups excluding carboxylic acids is 1. The Labute approximate surface area is 285 Å². The lowest BCUT2D eigenvalue weighted by atomic mass is 9.71. The van der Waals surface area contributed by atoms with Crippen LogP contribution in [0.5, 0.6) is 23.0 Å². The molecule has 5 heterocycles. The summed E-state index contributed by atoms with van der Waals surface area (Å²) in [5.41, 5.74) is 7.94. The molecule has 1 fully saturated rings. The van der Waals surface area contributed by atoms with Crippen LogP contribution in [0, 0.1) is 32.1 Å². The number of H-pyrrole nitrogens is 1. The number of benzene rings is 3. The number of amides is 1. The summed E-state index contributed by atoms with van der Waals surface area (Å²) in [7, 11) is 3.82. The molecule has 11 heteroatoms. The Morgan fingerprint density at radius 3 is 2.63 bits per heavy atom. The molecular formula is C38H42N6O5. The Morgan fingerprint density at radius 2 is 1.86 bits per heavy atom. The van der Waals surface area contributed by atoms with Crippen molar-refractivity contribution in [2.75, 3.05) is 27.4 Å². The van der Waals surface area contributed by atoms with Crippen molar-refractivity contribution in [3.63, 3.8) is 0 Å². The highest BCUT2D eigenvalue weighted by molar-refractivity contribution is 5.86. The highest BCUT2D eigenvalue weighted by Crippen LogP contribution is 2.57. The average molecular weight is 663 g/mol. The zero-order valence-electron chi connectivity index (χ0n) is 28.4. The molecule has 8 rings (SSSR count). The predicted molar refractivity (Wildman–Crippen MR) is 184 cm³/mol. The van der Waals surface area contributed by atoms with Crippen molar-refractivity contribution in [3.8, 4) is 29.1 Å². The number of aromatic amines is 1. The van der Waals surface area contributed by atoms with Crippen LogP contribution in [0.4, 0.5) is 0 Å². The third kappa shape index (κ3) is 4.61. The number of aromatic hydroxyl groups is 2. The van der Waals surface area contributed by atoms with E-state index in [0.29, 0.717) is 36.3 Å². The number of nitrogens with zero attached hydrogens (tertiary/aromatic N) is 3. The number of nitriles is 1. The number of piperazine rings is 1. The molecule has 0 spiro atoms. The van der Waals surface area contributed by atoms with E-state index in [1.807, 2.05) is 58.3 Å². The van der Waals surface area contributed by atoms with E-state index in [4.69, 9.17) is 9.47 Å². The summed E-state index contributed by atoms with van der Waals surface area (Å²) in [6, 6.07) is 10.6. The maximum absolute atomic E-state index is 14.0. The number of para-hydroxylation sites is 1. The Morgan fingerprint density at radius 1 is 1.08 bits per heavy atom. The number of carbonyl (C=O) groups is 1. The molecule has 1 saturated heterocycles. The fraction of sp³-hybridized carbons (Fsp3) is 0.421. The molecule has 4 aromatic rings. The van der Waals surface area contributed by atoms with E-state index in [-0.39, 0.29) is 48.9 Å². The zero-order chi connectivity index (χ0) is 34.3. The number of nitrogens with one attached hydrogen (secondary N) is 3. The fourth-order valence-corrected chi connectivity index (χ4v) is 9.07. The van der Waals surface area contributed by atoms with E-state index >= 15 is 0 Å². The van der Waals surface area contributed by atoms with Gasteiger partial charge in [0, 0.05) is 58.0 Å². The molecule has 1 amide bonds. The number of phenols is 2. The smallest absolute Gasteiger partial charge is 0.237 e. The summed E-state index contributed by atoms with van der Waals surface area (Å²) >= 11 is 0. The number of fused-ring (bicyclic) bond motifs is 10. The molecule has 5 N–H and O–H groups in total. The first-order valence-corrected chi connectivity index (χ1v) is 17.0. The SMILES string of the molecule is CN[C@@H](Cc1c[nH]c2ccccc12)C(=O)NC[C@H]1c2c(c(O)c(C)c3c2OCO3)CC2[C@H]3c4c(cc(C)c(C)c4O)C[C@@H]([C@H](C#N)N21)N3C. The average Bonchev–Trinajstić information content (AvgIpc) is 3.75. The first-order valence-electron chi connectivity index (χ1n) is 17.0. The van der Waals surface area contributed by atoms with Crippen molar-refractivity contribution in [1.82, 2.24) is 25.4 Å². The second kappa shape index (κ2) is 11.7. The quantitative estimate of drug-likeness (QED) is 0.207. The van der Waals surface area contributed by atoms with Gasteiger partial charge in [0.25, 0.3) is 0 Å². The van der Waals surface area contributed by atoms with Crippen molar-refractivity contribution >= 4 is 16.8 Å². The van der Waals surface area contributed by atoms with Crippen molar-refractivity contribution in [2.24, 2.45) is 0 Å². The van der Waals surface area contributed by atoms with Gasteiger partial charge in [0.2, 0.25) is 12.7 Å². The number of hydrogen-bond donors (Lipinski definition) is 5. The highest BCUT2D eigenvalue weighted by Gasteiger charge is 2.56. The van der Waals surface area contributed by atoms with Gasteiger partial charge in [0.15, 0.2) is 11.5 Å². The number of likely N-dealkylation sites (N-methyl/N-ethyl adjacent to an activating group) is 2. The predicted octanol–water partition coefficient (Wildman–Crippen LogP) is 3.95. The molecule has 1 aromatic heterocycles. The van der Waals surface area contributed by atoms with Gasteiger partial charge < -0.3 is 35.3 Å². The van der Waals surface area contributed by atoms with E-state index in [9.17, 15) is 20.3 Å². The fourth-order valence-electron chi connectivity index (χ4n) is 9.07. The molecule has 49 heavy (non-hydrogen) atoms. The molecular weight excluding hydrogens is 620 g/mol. The molecule has 11 nitrogen and oxygen atoms in total. The Balaban J connectivity index is 1.21. The third-order valence-electron chi connectivity index (χ3n) is 11.7. The number of phenolic OH excluding ortho intramolecular Hbond substituents is 2. The zero-order valence-corrected chi connectivity index (χ0v) is 28.4. The Kier molecular flexibility index (Phi) is 7.52. The van der Waals surface area contributed by atoms with Crippen LogP contribution in [0.15, 0.2) is 36.5 Å². The van der Waals surface area contributed by atoms with Crippen LogP contribution < -0.4 is 20.1 Å². The summed E-state index contributed by atoms with van der Waals surface area (Å²) < 4.78 is 12.0. The van der Waals surface area contributed by atoms with Gasteiger partial charge in [-0.2, -0.15) is 5.26 Å². The summed E-state index contributed by atoms with van der Waals surface area (Å²) in [6.07, 6.45) is 3.46. The maximum atomic E-state index is 14.0. The van der Waals surface area contributed by atoms with Crippen molar-refractivity contribution < 1.29 is 24.5 Å². The van der Waals surface area contributed by atoms with Crippen LogP contribution in [-0.2, 0) is 24.1 Å². The number of aryl methyl sites for hydroxylation is 1. The largest absolute Gasteiger partial charge is 0.507 e. The van der Waals surface area contributed by atoms with Crippen LogP contribution in [-0.4, -0.2) is 82.5 Å². The normalized spacial score (nSPS) is 24.5. The van der Waals surface area contributed by atoms with Gasteiger partial charge in [-0.3, -0.25) is 14.6 Å². The van der Waals surface area contributed by atoms with Crippen LogP contribution in [0.2, 0.25) is 0 Å². The van der Waals surface area contributed by atoms with Gasteiger partial charge in [0.05, 0.1) is 24.2 Å². The van der Waals surface area contributed by atoms with Gasteiger partial charge in [-0.25, -0.2) is 0 Å². The standard InChI is InChI=1S/C38H42N6O5/c1-18-10-21-12-27-29(14-39)44-28(33(43(27)5)31(21)35(46)19(18)2)13-24-32(37-36(48-17-49-37)20(3)34(24)45)30(44)16-42-38(47)26(40-4)11-22-15-41-25-9-7-6-8-23(22)25/h6-10,15,26-30,33,40-41,45-46H,11-13,16-17H2,1-5H3,(H,42,47)/t26-,27-,28?,29-,30-,33-/m0/s1. The first-order chi connectivity index (χ1) is 23.6. The Bertz CT molecular complexity index is 2050. The minimum Gasteiger partial charge on any atom is -0.507 e. The highest BCUT2D eigenvalue weighted by atomic mass is 16.7. The van der Waals surface area contributed by atoms with Crippen molar-refractivity contribution in [2.45, 2.75) is 76.3 Å². The van der Waals surface area contributed by atoms with Crippen molar-refractivity contribution in [1.29, 1.82) is 5.26 Å². The van der Waals surface area contributed by atoms with Crippen LogP contribution in [0.25, 0.3) is 10.9 Å². The summed E-state index contributed by atoms with van der Waals surface area (Å²) in [6.45, 7) is 5.97. The molecule has 0 radical (unpaired) electrons. The minimum absolute atomic E-state index is 0.0244. The number of ether oxygens (including phenoxy) is 2. The maximum Gasteiger partial charge on any atom is 0.237 e. The van der Waals surface area contributed by atoms with Gasteiger partial charge in [0.1, 0.15) is 17.5 Å². The van der Waals surface area contributed by atoms with Crippen LogP contribution in [0.1, 0.15) is 56.6 Å². The van der Waals surface area contributed by atoms with E-state index in [1.165, 1.54) is 0 Å². The minimum atomic E-state index is -0.536.